The van der Waals surface area contributed by atoms with Crippen LogP contribution in [0.25, 0.3) is 22.4 Å². The predicted molar refractivity (Wildman–Crippen MR) is 126 cm³/mol. The van der Waals surface area contributed by atoms with Crippen LogP contribution in [0.4, 0.5) is 18.9 Å². The molecule has 11 nitrogen and oxygen atoms in total. The average Bonchev–Trinajstić information content (AvgIpc) is 3.30. The molecule has 0 saturated carbocycles. The van der Waals surface area contributed by atoms with Crippen LogP contribution in [0.5, 0.6) is 0 Å². The minimum absolute atomic E-state index is 0.0232. The first-order valence-corrected chi connectivity index (χ1v) is 12.5. The number of hydrogen-bond acceptors (Lipinski definition) is 9. The third-order valence-electron chi connectivity index (χ3n) is 5.64. The lowest BCUT2D eigenvalue weighted by Gasteiger charge is -2.28. The summed E-state index contributed by atoms with van der Waals surface area (Å²) < 4.78 is 55.3. The molecule has 3 aromatic heterocycles. The van der Waals surface area contributed by atoms with E-state index in [1.165, 1.54) is 35.0 Å². The number of phosphoric ester groups is 1. The van der Waals surface area contributed by atoms with E-state index in [1.807, 2.05) is 0 Å². The van der Waals surface area contributed by atoms with Gasteiger partial charge in [0.15, 0.2) is 5.82 Å². The number of alkyl halides is 3. The Kier molecular flexibility index (Phi) is 7.35. The smallest absolute Gasteiger partial charge is 0.433 e. The first-order valence-electron chi connectivity index (χ1n) is 11.0. The van der Waals surface area contributed by atoms with E-state index < -0.39 is 32.2 Å². The molecule has 1 aromatic carbocycles. The van der Waals surface area contributed by atoms with Gasteiger partial charge in [0.05, 0.1) is 32.7 Å². The molecule has 0 radical (unpaired) electrons. The van der Waals surface area contributed by atoms with Gasteiger partial charge in [-0.2, -0.15) is 18.3 Å². The van der Waals surface area contributed by atoms with Gasteiger partial charge in [-0.15, -0.1) is 0 Å². The van der Waals surface area contributed by atoms with Gasteiger partial charge in [-0.05, 0) is 55.3 Å². The van der Waals surface area contributed by atoms with Crippen LogP contribution in [0.2, 0.25) is 0 Å². The zero-order chi connectivity index (χ0) is 27.8. The summed E-state index contributed by atoms with van der Waals surface area (Å²) in [6.45, 7) is 2.67. The van der Waals surface area contributed by atoms with Crippen molar-refractivity contribution in [2.45, 2.75) is 26.6 Å². The van der Waals surface area contributed by atoms with Crippen LogP contribution in [-0.4, -0.2) is 44.3 Å². The molecule has 200 valence electrons. The molecule has 0 atom stereocenters. The Morgan fingerprint density at radius 3 is 2.53 bits per heavy atom. The summed E-state index contributed by atoms with van der Waals surface area (Å²) in [5.74, 6) is -0.173. The molecule has 4 aromatic rings. The fraction of sp³-hybridized carbons (Fsp3) is 0.261. The Morgan fingerprint density at radius 1 is 1.13 bits per heavy atom. The molecular weight excluding hydrogens is 528 g/mol. The SMILES string of the molecule is Cc1cc(-c2ncc3nc(C(F)(F)F)cc(C)c3n2)ccc1N(C)C(=O)c1ccnn1CCOP(=O)([O-])[O-]. The first-order chi connectivity index (χ1) is 17.7. The number of aromatic nitrogens is 5. The fourth-order valence-corrected chi connectivity index (χ4v) is 4.16. The molecule has 0 saturated heterocycles. The number of pyridine rings is 1. The van der Waals surface area contributed by atoms with Crippen molar-refractivity contribution in [3.05, 3.63) is 65.2 Å². The van der Waals surface area contributed by atoms with Gasteiger partial charge >= 0.3 is 6.18 Å². The number of amides is 1. The third-order valence-corrected chi connectivity index (χ3v) is 6.14. The number of phosphoric acid groups is 1. The number of fused-ring (bicyclic) bond motifs is 1. The Labute approximate surface area is 214 Å². The number of anilines is 1. The van der Waals surface area contributed by atoms with Crippen molar-refractivity contribution in [2.75, 3.05) is 18.6 Å². The van der Waals surface area contributed by atoms with Gasteiger partial charge in [0.1, 0.15) is 16.9 Å². The molecule has 0 N–H and O–H groups in total. The summed E-state index contributed by atoms with van der Waals surface area (Å²) >= 11 is 0. The molecule has 0 fully saturated rings. The summed E-state index contributed by atoms with van der Waals surface area (Å²) in [7, 11) is -3.60. The van der Waals surface area contributed by atoms with Crippen molar-refractivity contribution in [2.24, 2.45) is 0 Å². The van der Waals surface area contributed by atoms with E-state index in [2.05, 4.69) is 24.6 Å². The molecular formula is C23H20F3N6O5P-2. The molecule has 0 bridgehead atoms. The van der Waals surface area contributed by atoms with Crippen LogP contribution in [0.1, 0.15) is 27.3 Å². The average molecular weight is 548 g/mol. The van der Waals surface area contributed by atoms with E-state index in [0.29, 0.717) is 27.9 Å². The standard InChI is InChI=1S/C23H22F3N6O5P/c1-13-10-15(21-27-12-16-20(30-21)14(2)11-19(29-16)23(24,25)26)4-5-17(13)31(3)22(33)18-6-7-28-32(18)8-9-37-38(34,35)36/h4-7,10-12H,8-9H2,1-3H3,(H2,34,35,36)/p-2. The molecule has 15 heteroatoms. The second-order valence-electron chi connectivity index (χ2n) is 8.34. The molecule has 0 unspecified atom stereocenters. The molecule has 0 aliphatic carbocycles. The number of hydrogen-bond donors (Lipinski definition) is 0. The van der Waals surface area contributed by atoms with Crippen LogP contribution >= 0.6 is 7.82 Å². The lowest BCUT2D eigenvalue weighted by molar-refractivity contribution is -0.341. The zero-order valence-electron chi connectivity index (χ0n) is 20.3. The van der Waals surface area contributed by atoms with Gasteiger partial charge in [-0.3, -0.25) is 9.48 Å². The maximum absolute atomic E-state index is 13.1. The molecule has 0 spiro atoms. The van der Waals surface area contributed by atoms with Gasteiger partial charge in [0, 0.05) is 24.5 Å². The Morgan fingerprint density at radius 2 is 1.87 bits per heavy atom. The lowest BCUT2D eigenvalue weighted by Crippen LogP contribution is -2.30. The molecule has 4 rings (SSSR count). The number of carbonyl (C=O) groups is 1. The molecule has 0 aliphatic rings. The van der Waals surface area contributed by atoms with Crippen molar-refractivity contribution < 1.29 is 36.8 Å². The maximum Gasteiger partial charge on any atom is 0.433 e. The summed E-state index contributed by atoms with van der Waals surface area (Å²) in [6, 6.07) is 7.46. The van der Waals surface area contributed by atoms with Gasteiger partial charge < -0.3 is 23.8 Å². The second kappa shape index (κ2) is 10.2. The van der Waals surface area contributed by atoms with E-state index in [4.69, 9.17) is 0 Å². The highest BCUT2D eigenvalue weighted by atomic mass is 31.2. The zero-order valence-corrected chi connectivity index (χ0v) is 21.2. The molecule has 1 amide bonds. The van der Waals surface area contributed by atoms with Crippen molar-refractivity contribution >= 4 is 30.5 Å². The summed E-state index contributed by atoms with van der Waals surface area (Å²) in [6.07, 6.45) is -1.99. The predicted octanol–water partition coefficient (Wildman–Crippen LogP) is 2.65. The minimum Gasteiger partial charge on any atom is -0.790 e. The van der Waals surface area contributed by atoms with E-state index >= 15 is 0 Å². The quantitative estimate of drug-likeness (QED) is 0.318. The Bertz CT molecular complexity index is 1570. The normalized spacial score (nSPS) is 12.2. The highest BCUT2D eigenvalue weighted by molar-refractivity contribution is 7.43. The van der Waals surface area contributed by atoms with Gasteiger partial charge in [-0.1, -0.05) is 0 Å². The number of benzene rings is 1. The fourth-order valence-electron chi connectivity index (χ4n) is 3.85. The second-order valence-corrected chi connectivity index (χ2v) is 9.49. The summed E-state index contributed by atoms with van der Waals surface area (Å²) in [5.41, 5.74) is 1.55. The minimum atomic E-state index is -5.15. The van der Waals surface area contributed by atoms with Crippen molar-refractivity contribution in [3.63, 3.8) is 0 Å². The van der Waals surface area contributed by atoms with Gasteiger partial charge in [0.2, 0.25) is 0 Å². The van der Waals surface area contributed by atoms with Crippen LogP contribution < -0.4 is 14.7 Å². The molecule has 3 heterocycles. The topological polar surface area (TPSA) is 149 Å². The van der Waals surface area contributed by atoms with Crippen LogP contribution in [0.15, 0.2) is 42.7 Å². The summed E-state index contributed by atoms with van der Waals surface area (Å²) in [4.78, 5) is 48.0. The number of halogens is 3. The highest BCUT2D eigenvalue weighted by Crippen LogP contribution is 2.31. The Hall–Kier alpha value is -3.71. The van der Waals surface area contributed by atoms with Crippen molar-refractivity contribution in [1.29, 1.82) is 0 Å². The van der Waals surface area contributed by atoms with Crippen molar-refractivity contribution in [3.8, 4) is 11.4 Å². The first kappa shape index (κ1) is 27.3. The monoisotopic (exact) mass is 548 g/mol. The number of nitrogens with zero attached hydrogens (tertiary/aromatic N) is 6. The van der Waals surface area contributed by atoms with E-state index in [0.717, 1.165) is 6.07 Å². The third kappa shape index (κ3) is 5.89. The number of rotatable bonds is 7. The van der Waals surface area contributed by atoms with Crippen LogP contribution in [0.3, 0.4) is 0 Å². The maximum atomic E-state index is 13.1. The summed E-state index contributed by atoms with van der Waals surface area (Å²) in [5, 5.41) is 3.97. The van der Waals surface area contributed by atoms with Gasteiger partial charge in [0.25, 0.3) is 5.91 Å². The lowest BCUT2D eigenvalue weighted by atomic mass is 10.1. The number of carbonyl (C=O) groups excluding carboxylic acids is 1. The Balaban J connectivity index is 1.57. The van der Waals surface area contributed by atoms with Crippen LogP contribution in [0, 0.1) is 13.8 Å². The van der Waals surface area contributed by atoms with E-state index in [1.54, 1.807) is 32.2 Å². The highest BCUT2D eigenvalue weighted by Gasteiger charge is 2.33. The van der Waals surface area contributed by atoms with Crippen LogP contribution in [-0.2, 0) is 21.8 Å². The number of aryl methyl sites for hydroxylation is 2. The van der Waals surface area contributed by atoms with E-state index in [9.17, 15) is 32.3 Å². The van der Waals surface area contributed by atoms with Crippen molar-refractivity contribution in [1.82, 2.24) is 24.7 Å². The largest absolute Gasteiger partial charge is 0.790 e. The molecule has 0 aliphatic heterocycles. The van der Waals surface area contributed by atoms with Gasteiger partial charge in [-0.25, -0.2) is 15.0 Å². The van der Waals surface area contributed by atoms with E-state index in [-0.39, 0.29) is 23.6 Å². The molecule has 38 heavy (non-hydrogen) atoms.